The topological polar surface area (TPSA) is 38.9 Å². The van der Waals surface area contributed by atoms with Crippen LogP contribution in [-0.2, 0) is 6.18 Å². The van der Waals surface area contributed by atoms with Gasteiger partial charge in [-0.2, -0.15) is 13.2 Å². The Morgan fingerprint density at radius 1 is 1.10 bits per heavy atom. The Labute approximate surface area is 130 Å². The molecule has 1 aromatic heterocycles. The molecule has 2 nitrogen and oxygen atoms in total. The lowest BCUT2D eigenvalue weighted by molar-refractivity contribution is -0.137. The zero-order valence-electron chi connectivity index (χ0n) is 9.96. The van der Waals surface area contributed by atoms with E-state index in [2.05, 4.69) is 36.8 Å². The van der Waals surface area contributed by atoms with E-state index in [1.165, 1.54) is 12.1 Å². The number of pyridine rings is 1. The van der Waals surface area contributed by atoms with Gasteiger partial charge in [0, 0.05) is 15.1 Å². The number of alkyl halides is 3. The highest BCUT2D eigenvalue weighted by Crippen LogP contribution is 2.31. The highest BCUT2D eigenvalue weighted by molar-refractivity contribution is 9.11. The molecule has 0 amide bonds. The van der Waals surface area contributed by atoms with Crippen LogP contribution in [0.1, 0.15) is 22.9 Å². The molecule has 2 rings (SSSR count). The summed E-state index contributed by atoms with van der Waals surface area (Å²) < 4.78 is 39.0. The maximum Gasteiger partial charge on any atom is 0.416 e. The minimum atomic E-state index is -4.35. The molecular weight excluding hydrogens is 401 g/mol. The van der Waals surface area contributed by atoms with E-state index < -0.39 is 17.8 Å². The van der Waals surface area contributed by atoms with Crippen molar-refractivity contribution in [3.8, 4) is 0 Å². The number of nitrogens with two attached hydrogens (primary N) is 1. The second kappa shape index (κ2) is 5.83. The molecule has 2 N–H and O–H groups in total. The van der Waals surface area contributed by atoms with Crippen LogP contribution >= 0.6 is 31.9 Å². The molecule has 0 fully saturated rings. The zero-order chi connectivity index (χ0) is 14.9. The third-order valence-corrected chi connectivity index (χ3v) is 3.80. The smallest absolute Gasteiger partial charge is 0.319 e. The fourth-order valence-electron chi connectivity index (χ4n) is 1.69. The average Bonchev–Trinajstić information content (AvgIpc) is 2.37. The van der Waals surface area contributed by atoms with Crippen LogP contribution in [0.15, 0.2) is 45.5 Å². The number of hydrogen-bond donors (Lipinski definition) is 1. The highest BCUT2D eigenvalue weighted by atomic mass is 79.9. The van der Waals surface area contributed by atoms with Gasteiger partial charge in [0.1, 0.15) is 0 Å². The van der Waals surface area contributed by atoms with Gasteiger partial charge in [-0.3, -0.25) is 4.98 Å². The van der Waals surface area contributed by atoms with Gasteiger partial charge in [-0.25, -0.2) is 0 Å². The van der Waals surface area contributed by atoms with Crippen molar-refractivity contribution in [3.05, 3.63) is 62.3 Å². The molecule has 0 bridgehead atoms. The maximum absolute atomic E-state index is 12.5. The summed E-state index contributed by atoms with van der Waals surface area (Å²) in [5.74, 6) is 0. The van der Waals surface area contributed by atoms with Crippen molar-refractivity contribution < 1.29 is 13.2 Å². The predicted molar refractivity (Wildman–Crippen MR) is 77.1 cm³/mol. The van der Waals surface area contributed by atoms with E-state index in [1.54, 1.807) is 12.3 Å². The van der Waals surface area contributed by atoms with Gasteiger partial charge in [-0.1, -0.05) is 12.1 Å². The molecule has 1 aromatic carbocycles. The molecule has 0 aliphatic heterocycles. The average molecular weight is 410 g/mol. The first kappa shape index (κ1) is 15.5. The van der Waals surface area contributed by atoms with Crippen LogP contribution < -0.4 is 5.73 Å². The van der Waals surface area contributed by atoms with Gasteiger partial charge in [0.2, 0.25) is 0 Å². The van der Waals surface area contributed by atoms with Crippen molar-refractivity contribution in [2.75, 3.05) is 0 Å². The van der Waals surface area contributed by atoms with E-state index in [4.69, 9.17) is 5.73 Å². The van der Waals surface area contributed by atoms with Gasteiger partial charge in [-0.05, 0) is 55.6 Å². The van der Waals surface area contributed by atoms with Gasteiger partial charge in [0.25, 0.3) is 0 Å². The molecule has 0 aliphatic rings. The largest absolute Gasteiger partial charge is 0.416 e. The lowest BCUT2D eigenvalue weighted by atomic mass is 10.0. The molecule has 0 saturated carbocycles. The summed E-state index contributed by atoms with van der Waals surface area (Å²) in [5, 5.41) is 0. The number of halogens is 5. The van der Waals surface area contributed by atoms with Crippen LogP contribution in [0.2, 0.25) is 0 Å². The fraction of sp³-hybridized carbons (Fsp3) is 0.154. The Morgan fingerprint density at radius 3 is 2.20 bits per heavy atom. The van der Waals surface area contributed by atoms with Gasteiger partial charge >= 0.3 is 6.18 Å². The Kier molecular flexibility index (Phi) is 4.51. The summed E-state index contributed by atoms with van der Waals surface area (Å²) in [6, 6.07) is 5.95. The molecule has 1 atom stereocenters. The van der Waals surface area contributed by atoms with Crippen LogP contribution in [0.25, 0.3) is 0 Å². The molecule has 0 saturated heterocycles. The summed E-state index contributed by atoms with van der Waals surface area (Å²) in [6.45, 7) is 0. The fourth-order valence-corrected chi connectivity index (χ4v) is 2.93. The molecule has 1 unspecified atom stereocenters. The Bertz CT molecular complexity index is 612. The molecule has 7 heteroatoms. The van der Waals surface area contributed by atoms with Crippen LogP contribution in [0.3, 0.4) is 0 Å². The van der Waals surface area contributed by atoms with Gasteiger partial charge in [0.15, 0.2) is 0 Å². The quantitative estimate of drug-likeness (QED) is 0.782. The second-order valence-electron chi connectivity index (χ2n) is 4.12. The van der Waals surface area contributed by atoms with Gasteiger partial charge < -0.3 is 5.73 Å². The van der Waals surface area contributed by atoms with E-state index in [1.807, 2.05) is 0 Å². The number of nitrogens with zero attached hydrogens (tertiary/aromatic N) is 1. The van der Waals surface area contributed by atoms with E-state index in [-0.39, 0.29) is 0 Å². The number of rotatable bonds is 2. The number of hydrogen-bond acceptors (Lipinski definition) is 2. The molecule has 106 valence electrons. The lowest BCUT2D eigenvalue weighted by Gasteiger charge is -2.14. The maximum atomic E-state index is 12.5. The van der Waals surface area contributed by atoms with Gasteiger partial charge in [-0.15, -0.1) is 0 Å². The zero-order valence-corrected chi connectivity index (χ0v) is 13.1. The van der Waals surface area contributed by atoms with Crippen molar-refractivity contribution in [1.82, 2.24) is 4.98 Å². The van der Waals surface area contributed by atoms with Crippen LogP contribution in [0.5, 0.6) is 0 Å². The van der Waals surface area contributed by atoms with Crippen molar-refractivity contribution in [2.24, 2.45) is 5.73 Å². The monoisotopic (exact) mass is 408 g/mol. The van der Waals surface area contributed by atoms with E-state index in [0.717, 1.165) is 16.6 Å². The van der Waals surface area contributed by atoms with Crippen LogP contribution in [-0.4, -0.2) is 4.98 Å². The number of aromatic nitrogens is 1. The summed E-state index contributed by atoms with van der Waals surface area (Å²) in [4.78, 5) is 4.18. The standard InChI is InChI=1S/C13H9Br2F3N2/c14-9-5-10(15)12(20-6-9)11(19)7-1-3-8(4-2-7)13(16,17)18/h1-6,11H,19H2. The normalized spacial score (nSPS) is 13.3. The van der Waals surface area contributed by atoms with E-state index in [9.17, 15) is 13.2 Å². The van der Waals surface area contributed by atoms with Crippen molar-refractivity contribution in [3.63, 3.8) is 0 Å². The first-order valence-corrected chi connectivity index (χ1v) is 7.11. The number of benzene rings is 1. The lowest BCUT2D eigenvalue weighted by Crippen LogP contribution is -2.15. The van der Waals surface area contributed by atoms with E-state index >= 15 is 0 Å². The summed E-state index contributed by atoms with van der Waals surface area (Å²) >= 11 is 6.61. The SMILES string of the molecule is NC(c1ccc(C(F)(F)F)cc1)c1ncc(Br)cc1Br. The predicted octanol–water partition coefficient (Wildman–Crippen LogP) is 4.67. The molecule has 20 heavy (non-hydrogen) atoms. The summed E-state index contributed by atoms with van der Waals surface area (Å²) in [5.41, 5.74) is 6.47. The Hall–Kier alpha value is -0.920. The highest BCUT2D eigenvalue weighted by Gasteiger charge is 2.30. The van der Waals surface area contributed by atoms with Gasteiger partial charge in [0.05, 0.1) is 17.3 Å². The molecule has 0 radical (unpaired) electrons. The van der Waals surface area contributed by atoms with Crippen LogP contribution in [0.4, 0.5) is 13.2 Å². The molecule has 1 heterocycles. The molecular formula is C13H9Br2F3N2. The third kappa shape index (κ3) is 3.39. The minimum absolute atomic E-state index is 0.563. The Balaban J connectivity index is 2.31. The molecule has 0 spiro atoms. The van der Waals surface area contributed by atoms with Crippen LogP contribution in [0, 0.1) is 0 Å². The van der Waals surface area contributed by atoms with Crippen molar-refractivity contribution in [1.29, 1.82) is 0 Å². The molecule has 2 aromatic rings. The first-order chi connectivity index (χ1) is 9.29. The minimum Gasteiger partial charge on any atom is -0.319 e. The molecule has 0 aliphatic carbocycles. The Morgan fingerprint density at radius 2 is 1.70 bits per heavy atom. The van der Waals surface area contributed by atoms with Crippen molar-refractivity contribution in [2.45, 2.75) is 12.2 Å². The van der Waals surface area contributed by atoms with E-state index in [0.29, 0.717) is 15.7 Å². The third-order valence-electron chi connectivity index (χ3n) is 2.73. The van der Waals surface area contributed by atoms with Crippen molar-refractivity contribution >= 4 is 31.9 Å². The summed E-state index contributed by atoms with van der Waals surface area (Å²) in [7, 11) is 0. The first-order valence-electron chi connectivity index (χ1n) is 5.52. The summed E-state index contributed by atoms with van der Waals surface area (Å²) in [6.07, 6.45) is -2.76. The second-order valence-corrected chi connectivity index (χ2v) is 5.89.